The Labute approximate surface area is 137 Å². The summed E-state index contributed by atoms with van der Waals surface area (Å²) < 4.78 is 0. The molecule has 2 aliphatic heterocycles. The molecule has 2 nitrogen and oxygen atoms in total. The summed E-state index contributed by atoms with van der Waals surface area (Å²) in [5.41, 5.74) is 2.72. The van der Waals surface area contributed by atoms with E-state index in [-0.39, 0.29) is 0 Å². The molecule has 1 saturated heterocycles. The van der Waals surface area contributed by atoms with Crippen LogP contribution in [0.3, 0.4) is 0 Å². The molecule has 0 aromatic heterocycles. The third kappa shape index (κ3) is 2.53. The number of hydrogen-bond donors (Lipinski definition) is 0. The predicted molar refractivity (Wildman–Crippen MR) is 94.3 cm³/mol. The van der Waals surface area contributed by atoms with Crippen molar-refractivity contribution in [2.45, 2.75) is 35.6 Å². The Kier molecular flexibility index (Phi) is 3.85. The number of fused-ring (bicyclic) bond motifs is 2. The Bertz CT molecular complexity index is 618. The van der Waals surface area contributed by atoms with Crippen molar-refractivity contribution in [3.05, 3.63) is 48.5 Å². The van der Waals surface area contributed by atoms with Gasteiger partial charge in [0, 0.05) is 22.4 Å². The molecule has 3 heteroatoms. The number of nitrogens with zero attached hydrogens (tertiary/aromatic N) is 2. The first-order chi connectivity index (χ1) is 10.8. The maximum Gasteiger partial charge on any atom is 0.0553 e. The molecule has 2 aliphatic rings. The second kappa shape index (κ2) is 5.98. The molecule has 2 aromatic carbocycles. The maximum absolute atomic E-state index is 2.63. The number of likely N-dealkylation sites (tertiary alicyclic amines) is 1. The Balaban J connectivity index is 1.68. The van der Waals surface area contributed by atoms with Gasteiger partial charge in [-0.15, -0.1) is 0 Å². The fourth-order valence-electron chi connectivity index (χ4n) is 3.54. The first-order valence-corrected chi connectivity index (χ1v) is 9.02. The van der Waals surface area contributed by atoms with E-state index in [2.05, 4.69) is 65.3 Å². The van der Waals surface area contributed by atoms with Gasteiger partial charge in [0.1, 0.15) is 0 Å². The smallest absolute Gasteiger partial charge is 0.0553 e. The Hall–Kier alpha value is -1.45. The first kappa shape index (κ1) is 14.2. The molecule has 2 aromatic rings. The zero-order valence-electron chi connectivity index (χ0n) is 13.0. The first-order valence-electron chi connectivity index (χ1n) is 8.20. The third-order valence-corrected chi connectivity index (χ3v) is 5.87. The summed E-state index contributed by atoms with van der Waals surface area (Å²) in [4.78, 5) is 7.89. The van der Waals surface area contributed by atoms with E-state index in [0.717, 1.165) is 6.54 Å². The van der Waals surface area contributed by atoms with E-state index < -0.39 is 0 Å². The van der Waals surface area contributed by atoms with Gasteiger partial charge < -0.3 is 4.90 Å². The van der Waals surface area contributed by atoms with Crippen molar-refractivity contribution in [2.75, 3.05) is 24.5 Å². The van der Waals surface area contributed by atoms with Gasteiger partial charge in [0.15, 0.2) is 0 Å². The average molecular weight is 310 g/mol. The average Bonchev–Trinajstić information content (AvgIpc) is 3.09. The van der Waals surface area contributed by atoms with E-state index in [1.165, 1.54) is 47.1 Å². The summed E-state index contributed by atoms with van der Waals surface area (Å²) in [7, 11) is 0. The lowest BCUT2D eigenvalue weighted by Crippen LogP contribution is -2.39. The fraction of sp³-hybridized carbons (Fsp3) is 0.368. The van der Waals surface area contributed by atoms with Gasteiger partial charge in [-0.05, 0) is 57.1 Å². The predicted octanol–water partition coefficient (Wildman–Crippen LogP) is 4.77. The third-order valence-electron chi connectivity index (χ3n) is 4.74. The highest BCUT2D eigenvalue weighted by Gasteiger charge is 2.26. The molecule has 0 saturated carbocycles. The van der Waals surface area contributed by atoms with Crippen LogP contribution in [0.25, 0.3) is 0 Å². The molecule has 1 atom stereocenters. The van der Waals surface area contributed by atoms with Crippen molar-refractivity contribution >= 4 is 23.1 Å². The van der Waals surface area contributed by atoms with E-state index in [1.807, 2.05) is 11.8 Å². The standard InChI is InChI=1S/C19H22N2S/c1-15(20-12-6-7-13-20)14-21-16-8-2-4-10-18(16)22-19-11-5-3-9-17(19)21/h2-5,8-11,15H,6-7,12-14H2,1H3. The second-order valence-electron chi connectivity index (χ2n) is 6.24. The minimum atomic E-state index is 0.590. The normalized spacial score (nSPS) is 18.9. The van der Waals surface area contributed by atoms with Gasteiger partial charge in [0.25, 0.3) is 0 Å². The van der Waals surface area contributed by atoms with Gasteiger partial charge in [0.05, 0.1) is 11.4 Å². The lowest BCUT2D eigenvalue weighted by molar-refractivity contribution is 0.264. The van der Waals surface area contributed by atoms with Gasteiger partial charge in [-0.2, -0.15) is 0 Å². The van der Waals surface area contributed by atoms with Gasteiger partial charge in [-0.1, -0.05) is 36.0 Å². The van der Waals surface area contributed by atoms with Gasteiger partial charge in [0.2, 0.25) is 0 Å². The Morgan fingerprint density at radius 3 is 2.05 bits per heavy atom. The van der Waals surface area contributed by atoms with Crippen LogP contribution in [-0.2, 0) is 0 Å². The Morgan fingerprint density at radius 2 is 1.45 bits per heavy atom. The molecule has 0 N–H and O–H groups in total. The second-order valence-corrected chi connectivity index (χ2v) is 7.32. The minimum Gasteiger partial charge on any atom is -0.338 e. The lowest BCUT2D eigenvalue weighted by Gasteiger charge is -2.36. The van der Waals surface area contributed by atoms with Crippen molar-refractivity contribution in [3.8, 4) is 0 Å². The van der Waals surface area contributed by atoms with Crippen molar-refractivity contribution in [2.24, 2.45) is 0 Å². The molecule has 1 fully saturated rings. The van der Waals surface area contributed by atoms with E-state index in [4.69, 9.17) is 0 Å². The number of rotatable bonds is 3. The quantitative estimate of drug-likeness (QED) is 0.806. The number of benzene rings is 2. The van der Waals surface area contributed by atoms with Crippen LogP contribution in [0.5, 0.6) is 0 Å². The molecule has 0 amide bonds. The summed E-state index contributed by atoms with van der Waals surface area (Å²) in [6.45, 7) is 5.95. The summed E-state index contributed by atoms with van der Waals surface area (Å²) in [5, 5.41) is 0. The van der Waals surface area contributed by atoms with Crippen LogP contribution in [0.15, 0.2) is 58.3 Å². The number of anilines is 2. The highest BCUT2D eigenvalue weighted by molar-refractivity contribution is 7.99. The molecule has 22 heavy (non-hydrogen) atoms. The summed E-state index contributed by atoms with van der Waals surface area (Å²) in [6.07, 6.45) is 2.71. The molecular weight excluding hydrogens is 288 g/mol. The van der Waals surface area contributed by atoms with Crippen LogP contribution in [0.2, 0.25) is 0 Å². The number of para-hydroxylation sites is 2. The minimum absolute atomic E-state index is 0.590. The molecule has 2 heterocycles. The van der Waals surface area contributed by atoms with Crippen LogP contribution >= 0.6 is 11.8 Å². The van der Waals surface area contributed by atoms with Crippen LogP contribution < -0.4 is 4.90 Å². The molecule has 114 valence electrons. The monoisotopic (exact) mass is 310 g/mol. The van der Waals surface area contributed by atoms with Crippen LogP contribution in [-0.4, -0.2) is 30.6 Å². The SMILES string of the molecule is CC(CN1c2ccccc2Sc2ccccc21)N1CCCC1. The van der Waals surface area contributed by atoms with E-state index >= 15 is 0 Å². The topological polar surface area (TPSA) is 6.48 Å². The van der Waals surface area contributed by atoms with E-state index in [1.54, 1.807) is 0 Å². The van der Waals surface area contributed by atoms with E-state index in [9.17, 15) is 0 Å². The largest absolute Gasteiger partial charge is 0.338 e. The van der Waals surface area contributed by atoms with Crippen molar-refractivity contribution in [1.29, 1.82) is 0 Å². The molecule has 0 bridgehead atoms. The van der Waals surface area contributed by atoms with Crippen molar-refractivity contribution in [3.63, 3.8) is 0 Å². The Morgan fingerprint density at radius 1 is 0.909 bits per heavy atom. The molecule has 0 radical (unpaired) electrons. The zero-order chi connectivity index (χ0) is 14.9. The molecule has 4 rings (SSSR count). The van der Waals surface area contributed by atoms with Crippen LogP contribution in [0, 0.1) is 0 Å². The zero-order valence-corrected chi connectivity index (χ0v) is 13.9. The molecular formula is C19H22N2S. The van der Waals surface area contributed by atoms with Crippen LogP contribution in [0.1, 0.15) is 19.8 Å². The lowest BCUT2D eigenvalue weighted by atomic mass is 10.2. The summed E-state index contributed by atoms with van der Waals surface area (Å²) in [6, 6.07) is 18.2. The molecule has 0 aliphatic carbocycles. The van der Waals surface area contributed by atoms with Gasteiger partial charge in [-0.25, -0.2) is 0 Å². The van der Waals surface area contributed by atoms with Crippen molar-refractivity contribution < 1.29 is 0 Å². The van der Waals surface area contributed by atoms with Crippen LogP contribution in [0.4, 0.5) is 11.4 Å². The van der Waals surface area contributed by atoms with Gasteiger partial charge in [-0.3, -0.25) is 4.90 Å². The highest BCUT2D eigenvalue weighted by Crippen LogP contribution is 2.47. The van der Waals surface area contributed by atoms with E-state index in [0.29, 0.717) is 6.04 Å². The molecule has 1 unspecified atom stereocenters. The highest BCUT2D eigenvalue weighted by atomic mass is 32.2. The molecule has 0 spiro atoms. The summed E-state index contributed by atoms with van der Waals surface area (Å²) in [5.74, 6) is 0. The maximum atomic E-state index is 2.63. The summed E-state index contributed by atoms with van der Waals surface area (Å²) >= 11 is 1.89. The van der Waals surface area contributed by atoms with Crippen molar-refractivity contribution in [1.82, 2.24) is 4.90 Å². The van der Waals surface area contributed by atoms with Gasteiger partial charge >= 0.3 is 0 Å². The fourth-order valence-corrected chi connectivity index (χ4v) is 4.64. The number of hydrogen-bond acceptors (Lipinski definition) is 3.